The second-order valence-corrected chi connectivity index (χ2v) is 6.23. The van der Waals surface area contributed by atoms with Crippen LogP contribution >= 0.6 is 12.4 Å². The molecule has 2 heterocycles. The topological polar surface area (TPSA) is 90.4 Å². The van der Waals surface area contributed by atoms with Crippen molar-refractivity contribution in [3.8, 4) is 0 Å². The highest BCUT2D eigenvalue weighted by Gasteiger charge is 2.36. The van der Waals surface area contributed by atoms with Crippen molar-refractivity contribution in [1.82, 2.24) is 4.98 Å². The third kappa shape index (κ3) is 3.20. The van der Waals surface area contributed by atoms with Crippen LogP contribution in [0.3, 0.4) is 0 Å². The Morgan fingerprint density at radius 1 is 1.30 bits per heavy atom. The van der Waals surface area contributed by atoms with Crippen LogP contribution < -0.4 is 11.1 Å². The number of anilines is 1. The number of benzene rings is 1. The minimum Gasteiger partial charge on any atom is -0.440 e. The molecule has 1 aromatic heterocycles. The summed E-state index contributed by atoms with van der Waals surface area (Å²) in [5.41, 5.74) is 7.55. The molecule has 2 fully saturated rings. The van der Waals surface area contributed by atoms with Gasteiger partial charge in [-0.2, -0.15) is 0 Å². The second kappa shape index (κ2) is 6.11. The number of rotatable bonds is 3. The molecule has 1 saturated carbocycles. The molecule has 1 amide bonds. The fourth-order valence-electron chi connectivity index (χ4n) is 2.74. The fraction of sp³-hybridized carbons (Fsp3) is 0.500. The molecule has 0 spiro atoms. The van der Waals surface area contributed by atoms with E-state index < -0.39 is 5.54 Å². The largest absolute Gasteiger partial charge is 0.440 e. The molecule has 0 bridgehead atoms. The van der Waals surface area contributed by atoms with Crippen LogP contribution in [0, 0.1) is 0 Å². The van der Waals surface area contributed by atoms with Crippen LogP contribution in [-0.2, 0) is 9.53 Å². The molecule has 7 heteroatoms. The molecular formula is C16H20ClN3O3. The SMILES string of the molecule is Cl.NC1(C(=O)Nc2ccc3nc(C4CC4)oc3c2)CCOCC1. The van der Waals surface area contributed by atoms with Crippen LogP contribution in [-0.4, -0.2) is 29.6 Å². The fourth-order valence-corrected chi connectivity index (χ4v) is 2.74. The summed E-state index contributed by atoms with van der Waals surface area (Å²) >= 11 is 0. The predicted octanol–water partition coefficient (Wildman–Crippen LogP) is 2.57. The number of nitrogens with zero attached hydrogens (tertiary/aromatic N) is 1. The van der Waals surface area contributed by atoms with Crippen molar-refractivity contribution in [1.29, 1.82) is 0 Å². The standard InChI is InChI=1S/C16H19N3O3.ClH/c17-16(5-7-21-8-6-16)15(20)18-11-3-4-12-13(9-11)22-14(19-12)10-1-2-10;/h3-4,9-10H,1-2,5-8,17H2,(H,18,20);1H. The van der Waals surface area contributed by atoms with Crippen molar-refractivity contribution in [3.05, 3.63) is 24.1 Å². The van der Waals surface area contributed by atoms with Crippen LogP contribution in [0.4, 0.5) is 5.69 Å². The number of oxazole rings is 1. The van der Waals surface area contributed by atoms with Gasteiger partial charge in [-0.1, -0.05) is 0 Å². The smallest absolute Gasteiger partial charge is 0.244 e. The molecule has 0 unspecified atom stereocenters. The third-order valence-corrected chi connectivity index (χ3v) is 4.43. The van der Waals surface area contributed by atoms with Crippen molar-refractivity contribution >= 4 is 35.1 Å². The zero-order valence-corrected chi connectivity index (χ0v) is 13.5. The Morgan fingerprint density at radius 2 is 2.04 bits per heavy atom. The highest BCUT2D eigenvalue weighted by molar-refractivity contribution is 5.99. The molecule has 6 nitrogen and oxygen atoms in total. The number of nitrogens with two attached hydrogens (primary N) is 1. The van der Waals surface area contributed by atoms with E-state index in [1.165, 1.54) is 0 Å². The highest BCUT2D eigenvalue weighted by Crippen LogP contribution is 2.40. The van der Waals surface area contributed by atoms with Crippen molar-refractivity contribution < 1.29 is 13.9 Å². The molecule has 0 atom stereocenters. The van der Waals surface area contributed by atoms with E-state index >= 15 is 0 Å². The van der Waals surface area contributed by atoms with E-state index in [-0.39, 0.29) is 18.3 Å². The number of nitrogens with one attached hydrogen (secondary N) is 1. The van der Waals surface area contributed by atoms with Gasteiger partial charge in [0.25, 0.3) is 0 Å². The maximum absolute atomic E-state index is 12.4. The Morgan fingerprint density at radius 3 is 2.74 bits per heavy atom. The van der Waals surface area contributed by atoms with E-state index in [0.717, 1.165) is 24.2 Å². The number of hydrogen-bond donors (Lipinski definition) is 2. The van der Waals surface area contributed by atoms with E-state index in [0.29, 0.717) is 43.2 Å². The first-order chi connectivity index (χ1) is 10.6. The van der Waals surface area contributed by atoms with Crippen LogP contribution in [0.15, 0.2) is 22.6 Å². The Balaban J connectivity index is 0.00000156. The van der Waals surface area contributed by atoms with E-state index in [9.17, 15) is 4.79 Å². The molecular weight excluding hydrogens is 318 g/mol. The monoisotopic (exact) mass is 337 g/mol. The summed E-state index contributed by atoms with van der Waals surface area (Å²) in [6, 6.07) is 5.52. The lowest BCUT2D eigenvalue weighted by Crippen LogP contribution is -2.54. The van der Waals surface area contributed by atoms with E-state index in [1.807, 2.05) is 18.2 Å². The Labute approximate surface area is 140 Å². The maximum Gasteiger partial charge on any atom is 0.244 e. The first-order valence-electron chi connectivity index (χ1n) is 7.73. The van der Waals surface area contributed by atoms with Crippen molar-refractivity contribution in [2.75, 3.05) is 18.5 Å². The van der Waals surface area contributed by atoms with Gasteiger partial charge in [0.05, 0.1) is 0 Å². The van der Waals surface area contributed by atoms with Gasteiger partial charge in [-0.15, -0.1) is 12.4 Å². The number of hydrogen-bond acceptors (Lipinski definition) is 5. The highest BCUT2D eigenvalue weighted by atomic mass is 35.5. The molecule has 23 heavy (non-hydrogen) atoms. The quantitative estimate of drug-likeness (QED) is 0.898. The Bertz CT molecular complexity index is 720. The van der Waals surface area contributed by atoms with Gasteiger partial charge in [-0.3, -0.25) is 4.79 Å². The van der Waals surface area contributed by atoms with Crippen molar-refractivity contribution in [3.63, 3.8) is 0 Å². The van der Waals surface area contributed by atoms with Gasteiger partial charge in [0.15, 0.2) is 11.5 Å². The average Bonchev–Trinajstić information content (AvgIpc) is 3.28. The van der Waals surface area contributed by atoms with Crippen LogP contribution in [0.2, 0.25) is 0 Å². The van der Waals surface area contributed by atoms with Gasteiger partial charge in [-0.25, -0.2) is 4.98 Å². The number of halogens is 1. The molecule has 2 aromatic rings. The van der Waals surface area contributed by atoms with Gasteiger partial charge in [0.1, 0.15) is 11.1 Å². The summed E-state index contributed by atoms with van der Waals surface area (Å²) < 4.78 is 11.0. The molecule has 1 aliphatic heterocycles. The van der Waals surface area contributed by atoms with E-state index in [2.05, 4.69) is 10.3 Å². The summed E-state index contributed by atoms with van der Waals surface area (Å²) in [5, 5.41) is 2.89. The molecule has 1 aliphatic carbocycles. The predicted molar refractivity (Wildman–Crippen MR) is 88.8 cm³/mol. The third-order valence-electron chi connectivity index (χ3n) is 4.43. The minimum absolute atomic E-state index is 0. The Kier molecular flexibility index (Phi) is 4.31. The molecule has 3 N–H and O–H groups in total. The molecule has 4 rings (SSSR count). The number of carbonyl (C=O) groups excluding carboxylic acids is 1. The number of ether oxygens (including phenoxy) is 1. The van der Waals surface area contributed by atoms with Gasteiger partial charge in [0, 0.05) is 30.9 Å². The number of aromatic nitrogens is 1. The first kappa shape index (κ1) is 16.2. The second-order valence-electron chi connectivity index (χ2n) is 6.23. The van der Waals surface area contributed by atoms with Gasteiger partial charge in [0.2, 0.25) is 5.91 Å². The summed E-state index contributed by atoms with van der Waals surface area (Å²) in [7, 11) is 0. The zero-order valence-electron chi connectivity index (χ0n) is 12.7. The van der Waals surface area contributed by atoms with E-state index in [1.54, 1.807) is 0 Å². The number of fused-ring (bicyclic) bond motifs is 1. The molecule has 0 radical (unpaired) electrons. The van der Waals surface area contributed by atoms with Crippen LogP contribution in [0.5, 0.6) is 0 Å². The lowest BCUT2D eigenvalue weighted by atomic mass is 9.90. The number of amides is 1. The molecule has 124 valence electrons. The van der Waals surface area contributed by atoms with E-state index in [4.69, 9.17) is 14.9 Å². The summed E-state index contributed by atoms with van der Waals surface area (Å²) in [6.45, 7) is 1.05. The zero-order chi connectivity index (χ0) is 15.2. The minimum atomic E-state index is -0.853. The average molecular weight is 338 g/mol. The first-order valence-corrected chi connectivity index (χ1v) is 7.73. The summed E-state index contributed by atoms with van der Waals surface area (Å²) in [6.07, 6.45) is 3.37. The summed E-state index contributed by atoms with van der Waals surface area (Å²) in [5.74, 6) is 1.11. The lowest BCUT2D eigenvalue weighted by Gasteiger charge is -2.31. The number of carbonyl (C=O) groups is 1. The van der Waals surface area contributed by atoms with Crippen LogP contribution in [0.25, 0.3) is 11.1 Å². The maximum atomic E-state index is 12.4. The van der Waals surface area contributed by atoms with Crippen LogP contribution in [0.1, 0.15) is 37.5 Å². The van der Waals surface area contributed by atoms with Crippen molar-refractivity contribution in [2.45, 2.75) is 37.1 Å². The normalized spacial score (nSPS) is 20.0. The van der Waals surface area contributed by atoms with Gasteiger partial charge in [-0.05, 0) is 37.8 Å². The van der Waals surface area contributed by atoms with Crippen molar-refractivity contribution in [2.24, 2.45) is 5.73 Å². The summed E-state index contributed by atoms with van der Waals surface area (Å²) in [4.78, 5) is 16.9. The Hall–Kier alpha value is -1.63. The van der Waals surface area contributed by atoms with Gasteiger partial charge < -0.3 is 20.2 Å². The van der Waals surface area contributed by atoms with Gasteiger partial charge >= 0.3 is 0 Å². The molecule has 1 aromatic carbocycles. The molecule has 1 saturated heterocycles. The lowest BCUT2D eigenvalue weighted by molar-refractivity contribution is -0.124. The molecule has 2 aliphatic rings.